The quantitative estimate of drug-likeness (QED) is 0.576. The maximum atomic E-state index is 5.71. The largest absolute Gasteiger partial charge is 0.326 e. The van der Waals surface area contributed by atoms with E-state index in [9.17, 15) is 0 Å². The Bertz CT molecular complexity index is 983. The van der Waals surface area contributed by atoms with Gasteiger partial charge in [0.2, 0.25) is 0 Å². The Kier molecular flexibility index (Phi) is 5.08. The summed E-state index contributed by atoms with van der Waals surface area (Å²) in [5.41, 5.74) is 11.8. The van der Waals surface area contributed by atoms with Crippen molar-refractivity contribution in [3.63, 3.8) is 0 Å². The summed E-state index contributed by atoms with van der Waals surface area (Å²) in [6.45, 7) is 0.540. The van der Waals surface area contributed by atoms with Crippen LogP contribution in [0.4, 0.5) is 0 Å². The third-order valence-electron chi connectivity index (χ3n) is 4.14. The Balaban J connectivity index is 0.00000182. The van der Waals surface area contributed by atoms with Crippen molar-refractivity contribution in [2.24, 2.45) is 5.73 Å². The van der Waals surface area contributed by atoms with Crippen molar-refractivity contribution >= 4 is 23.4 Å². The fourth-order valence-corrected chi connectivity index (χ4v) is 2.86. The van der Waals surface area contributed by atoms with Gasteiger partial charge in [-0.1, -0.05) is 54.6 Å². The molecule has 25 heavy (non-hydrogen) atoms. The molecule has 0 unspecified atom stereocenters. The predicted molar refractivity (Wildman–Crippen MR) is 106 cm³/mol. The van der Waals surface area contributed by atoms with Gasteiger partial charge in [-0.05, 0) is 29.3 Å². The first kappa shape index (κ1) is 17.1. The fraction of sp³-hybridized carbons (Fsp3) is 0.0476. The molecule has 3 nitrogen and oxygen atoms in total. The molecule has 0 atom stereocenters. The van der Waals surface area contributed by atoms with Crippen molar-refractivity contribution in [3.05, 3.63) is 84.6 Å². The summed E-state index contributed by atoms with van der Waals surface area (Å²) in [4.78, 5) is 9.24. The van der Waals surface area contributed by atoms with Gasteiger partial charge >= 0.3 is 0 Å². The van der Waals surface area contributed by atoms with E-state index in [4.69, 9.17) is 10.7 Å². The number of hydrogen-bond donors (Lipinski definition) is 1. The van der Waals surface area contributed by atoms with Gasteiger partial charge in [0.1, 0.15) is 0 Å². The Labute approximate surface area is 153 Å². The molecule has 0 radical (unpaired) electrons. The van der Waals surface area contributed by atoms with Crippen molar-refractivity contribution in [1.82, 2.24) is 9.97 Å². The third-order valence-corrected chi connectivity index (χ3v) is 4.14. The normalized spacial score (nSPS) is 10.4. The summed E-state index contributed by atoms with van der Waals surface area (Å²) in [6.07, 6.45) is 1.78. The van der Waals surface area contributed by atoms with Crippen molar-refractivity contribution in [1.29, 1.82) is 0 Å². The number of nitrogens with zero attached hydrogens (tertiary/aromatic N) is 2. The Hall–Kier alpha value is -2.75. The zero-order chi connectivity index (χ0) is 16.4. The lowest BCUT2D eigenvalue weighted by atomic mass is 9.97. The molecule has 4 heteroatoms. The van der Waals surface area contributed by atoms with Crippen LogP contribution in [0.5, 0.6) is 0 Å². The highest BCUT2D eigenvalue weighted by molar-refractivity contribution is 5.90. The van der Waals surface area contributed by atoms with Gasteiger partial charge in [-0.3, -0.25) is 0 Å². The number of nitrogens with two attached hydrogens (primary N) is 1. The molecule has 2 N–H and O–H groups in total. The predicted octanol–water partition coefficient (Wildman–Crippen LogP) is 4.84. The summed E-state index contributed by atoms with van der Waals surface area (Å²) >= 11 is 0. The van der Waals surface area contributed by atoms with Crippen molar-refractivity contribution in [2.45, 2.75) is 6.54 Å². The summed E-state index contributed by atoms with van der Waals surface area (Å²) < 4.78 is 0. The molecule has 0 aliphatic heterocycles. The number of benzene rings is 2. The molecule has 124 valence electrons. The minimum Gasteiger partial charge on any atom is -0.326 e. The van der Waals surface area contributed by atoms with Crippen LogP contribution < -0.4 is 5.73 Å². The molecule has 0 saturated heterocycles. The summed E-state index contributed by atoms with van der Waals surface area (Å²) in [5, 5.41) is 1.04. The van der Waals surface area contributed by atoms with E-state index in [2.05, 4.69) is 47.4 Å². The van der Waals surface area contributed by atoms with E-state index in [-0.39, 0.29) is 12.4 Å². The highest BCUT2D eigenvalue weighted by Crippen LogP contribution is 2.32. The second-order valence-electron chi connectivity index (χ2n) is 5.70. The molecule has 0 aliphatic rings. The monoisotopic (exact) mass is 347 g/mol. The van der Waals surface area contributed by atoms with Crippen LogP contribution in [0.25, 0.3) is 33.4 Å². The molecular formula is C21H18ClN3. The van der Waals surface area contributed by atoms with Crippen LogP contribution >= 0.6 is 12.4 Å². The Morgan fingerprint density at radius 2 is 1.56 bits per heavy atom. The lowest BCUT2D eigenvalue weighted by Crippen LogP contribution is -1.96. The van der Waals surface area contributed by atoms with Gasteiger partial charge in [-0.25, -0.2) is 9.97 Å². The first-order valence-corrected chi connectivity index (χ1v) is 7.96. The smallest absolute Gasteiger partial charge is 0.159 e. The number of pyridine rings is 2. The van der Waals surface area contributed by atoms with Gasteiger partial charge in [0.05, 0.1) is 5.69 Å². The summed E-state index contributed by atoms with van der Waals surface area (Å²) in [6, 6.07) is 24.7. The van der Waals surface area contributed by atoms with Gasteiger partial charge in [-0.15, -0.1) is 12.4 Å². The summed E-state index contributed by atoms with van der Waals surface area (Å²) in [5.74, 6) is 0. The van der Waals surface area contributed by atoms with Gasteiger partial charge in [0.15, 0.2) is 5.65 Å². The first-order chi connectivity index (χ1) is 11.8. The third kappa shape index (κ3) is 3.38. The van der Waals surface area contributed by atoms with Crippen LogP contribution in [-0.4, -0.2) is 9.97 Å². The van der Waals surface area contributed by atoms with E-state index in [1.54, 1.807) is 6.20 Å². The van der Waals surface area contributed by atoms with Gasteiger partial charge in [0.25, 0.3) is 0 Å². The fourth-order valence-electron chi connectivity index (χ4n) is 2.86. The van der Waals surface area contributed by atoms with E-state index >= 15 is 0 Å². The zero-order valence-corrected chi connectivity index (χ0v) is 14.4. The van der Waals surface area contributed by atoms with Crippen molar-refractivity contribution in [3.8, 4) is 22.4 Å². The van der Waals surface area contributed by atoms with Crippen LogP contribution in [0.1, 0.15) is 5.56 Å². The highest BCUT2D eigenvalue weighted by Gasteiger charge is 2.11. The Morgan fingerprint density at radius 3 is 2.28 bits per heavy atom. The van der Waals surface area contributed by atoms with E-state index in [0.29, 0.717) is 6.54 Å². The average Bonchev–Trinajstić information content (AvgIpc) is 2.68. The summed E-state index contributed by atoms with van der Waals surface area (Å²) in [7, 11) is 0. The van der Waals surface area contributed by atoms with Crippen LogP contribution in [-0.2, 0) is 6.54 Å². The van der Waals surface area contributed by atoms with Crippen LogP contribution in [0.3, 0.4) is 0 Å². The minimum absolute atomic E-state index is 0. The SMILES string of the molecule is Cl.NCc1ccc(-c2nc3ncccc3cc2-c2ccccc2)cc1. The molecule has 0 spiro atoms. The van der Waals surface area contributed by atoms with Crippen molar-refractivity contribution in [2.75, 3.05) is 0 Å². The van der Waals surface area contributed by atoms with E-state index in [0.717, 1.165) is 39.0 Å². The number of aromatic nitrogens is 2. The van der Waals surface area contributed by atoms with Gasteiger partial charge in [0, 0.05) is 29.3 Å². The molecule has 2 aromatic carbocycles. The topological polar surface area (TPSA) is 51.8 Å². The molecule has 4 rings (SSSR count). The van der Waals surface area contributed by atoms with Crippen LogP contribution in [0.2, 0.25) is 0 Å². The molecule has 0 bridgehead atoms. The zero-order valence-electron chi connectivity index (χ0n) is 13.6. The molecule has 0 saturated carbocycles. The maximum absolute atomic E-state index is 5.71. The van der Waals surface area contributed by atoms with E-state index in [1.165, 1.54) is 0 Å². The van der Waals surface area contributed by atoms with Gasteiger partial charge in [-0.2, -0.15) is 0 Å². The highest BCUT2D eigenvalue weighted by atomic mass is 35.5. The van der Waals surface area contributed by atoms with Crippen molar-refractivity contribution < 1.29 is 0 Å². The van der Waals surface area contributed by atoms with Crippen LogP contribution in [0.15, 0.2) is 79.0 Å². The second kappa shape index (κ2) is 7.43. The average molecular weight is 348 g/mol. The number of halogens is 1. The van der Waals surface area contributed by atoms with Crippen LogP contribution in [0, 0.1) is 0 Å². The molecule has 0 aliphatic carbocycles. The standard InChI is InChI=1S/C21H17N3.ClH/c22-14-15-8-10-17(11-9-15)20-19(16-5-2-1-3-6-16)13-18-7-4-12-23-21(18)24-20;/h1-13H,14,22H2;1H. The Morgan fingerprint density at radius 1 is 0.800 bits per heavy atom. The molecule has 2 heterocycles. The second-order valence-corrected chi connectivity index (χ2v) is 5.70. The molecule has 2 aromatic heterocycles. The molecule has 4 aromatic rings. The molecule has 0 fully saturated rings. The maximum Gasteiger partial charge on any atom is 0.159 e. The molecule has 0 amide bonds. The van der Waals surface area contributed by atoms with E-state index in [1.807, 2.05) is 30.3 Å². The van der Waals surface area contributed by atoms with Gasteiger partial charge < -0.3 is 5.73 Å². The van der Waals surface area contributed by atoms with E-state index < -0.39 is 0 Å². The lowest BCUT2D eigenvalue weighted by Gasteiger charge is -2.11. The lowest BCUT2D eigenvalue weighted by molar-refractivity contribution is 1.07. The molecular weight excluding hydrogens is 330 g/mol. The first-order valence-electron chi connectivity index (χ1n) is 7.96. The number of rotatable bonds is 3. The number of hydrogen-bond acceptors (Lipinski definition) is 3. The number of fused-ring (bicyclic) bond motifs is 1. The minimum atomic E-state index is 0.